The lowest BCUT2D eigenvalue weighted by atomic mass is 9.92. The minimum Gasteiger partial charge on any atom is -0.350 e. The minimum absolute atomic E-state index is 0. The number of likely N-dealkylation sites (N-methyl/N-ethyl adjacent to an activating group) is 1. The first kappa shape index (κ1) is 21.4. The number of carbonyl (C=O) groups excluding carboxylic acids is 2. The van der Waals surface area contributed by atoms with E-state index in [-0.39, 0.29) is 42.5 Å². The third-order valence-electron chi connectivity index (χ3n) is 4.40. The summed E-state index contributed by atoms with van der Waals surface area (Å²) in [4.78, 5) is 26.3. The topological polar surface area (TPSA) is 61.4 Å². The van der Waals surface area contributed by atoms with Gasteiger partial charge >= 0.3 is 0 Å². The molecule has 1 aliphatic heterocycles. The molecule has 1 fully saturated rings. The normalized spacial score (nSPS) is 19.6. The summed E-state index contributed by atoms with van der Waals surface area (Å²) in [6.45, 7) is 5.71. The van der Waals surface area contributed by atoms with Crippen molar-refractivity contribution < 1.29 is 14.0 Å². The van der Waals surface area contributed by atoms with Gasteiger partial charge in [-0.05, 0) is 50.9 Å². The number of nitrogens with one attached hydrogen (secondary N) is 2. The predicted octanol–water partition coefficient (Wildman–Crippen LogP) is 2.10. The highest BCUT2D eigenvalue weighted by Gasteiger charge is 2.28. The number of piperidine rings is 1. The molecule has 0 radical (unpaired) electrons. The van der Waals surface area contributed by atoms with Crippen LogP contribution in [0.5, 0.6) is 0 Å². The third kappa shape index (κ3) is 6.63. The molecule has 140 valence electrons. The van der Waals surface area contributed by atoms with Crippen molar-refractivity contribution >= 4 is 24.2 Å². The molecule has 0 aliphatic carbocycles. The van der Waals surface area contributed by atoms with Crippen molar-refractivity contribution in [1.29, 1.82) is 0 Å². The Kier molecular flexibility index (Phi) is 8.86. The maximum Gasteiger partial charge on any atom is 0.239 e. The number of rotatable bonds is 6. The van der Waals surface area contributed by atoms with Gasteiger partial charge in [-0.25, -0.2) is 4.39 Å². The molecule has 0 aromatic heterocycles. The Morgan fingerprint density at radius 2 is 2.00 bits per heavy atom. The molecule has 1 aromatic rings. The van der Waals surface area contributed by atoms with E-state index >= 15 is 0 Å². The van der Waals surface area contributed by atoms with Gasteiger partial charge in [0.05, 0.1) is 6.54 Å². The molecule has 2 N–H and O–H groups in total. The monoisotopic (exact) mass is 371 g/mol. The summed E-state index contributed by atoms with van der Waals surface area (Å²) in [5.74, 6) is -0.450. The van der Waals surface area contributed by atoms with Crippen LogP contribution in [0.4, 0.5) is 4.39 Å². The number of nitrogens with zero attached hydrogens (tertiary/aromatic N) is 1. The first-order chi connectivity index (χ1) is 11.5. The minimum atomic E-state index is -0.302. The molecule has 5 nitrogen and oxygen atoms in total. The number of amides is 2. The van der Waals surface area contributed by atoms with Crippen molar-refractivity contribution in [2.24, 2.45) is 5.92 Å². The van der Waals surface area contributed by atoms with E-state index < -0.39 is 0 Å². The summed E-state index contributed by atoms with van der Waals surface area (Å²) in [7, 11) is 0. The van der Waals surface area contributed by atoms with Crippen LogP contribution in [0.15, 0.2) is 24.3 Å². The quantitative estimate of drug-likeness (QED) is 0.805. The Hall–Kier alpha value is -1.66. The van der Waals surface area contributed by atoms with Crippen LogP contribution >= 0.6 is 12.4 Å². The highest BCUT2D eigenvalue weighted by Crippen LogP contribution is 2.18. The molecule has 0 bridgehead atoms. The van der Waals surface area contributed by atoms with Crippen LogP contribution in [0.25, 0.3) is 0 Å². The molecule has 0 spiro atoms. The lowest BCUT2D eigenvalue weighted by molar-refractivity contribution is -0.140. The molecule has 0 unspecified atom stereocenters. The fourth-order valence-corrected chi connectivity index (χ4v) is 2.99. The number of benzene rings is 1. The van der Waals surface area contributed by atoms with E-state index in [2.05, 4.69) is 17.6 Å². The van der Waals surface area contributed by atoms with Crippen molar-refractivity contribution in [3.63, 3.8) is 0 Å². The molecular formula is C18H27ClFN3O2. The summed E-state index contributed by atoms with van der Waals surface area (Å²) < 4.78 is 12.9. The van der Waals surface area contributed by atoms with Crippen LogP contribution in [-0.4, -0.2) is 42.4 Å². The van der Waals surface area contributed by atoms with Gasteiger partial charge in [-0.2, -0.15) is 0 Å². The van der Waals surface area contributed by atoms with Crippen molar-refractivity contribution in [2.75, 3.05) is 19.6 Å². The van der Waals surface area contributed by atoms with Gasteiger partial charge in [-0.1, -0.05) is 12.1 Å². The zero-order valence-corrected chi connectivity index (χ0v) is 15.6. The predicted molar refractivity (Wildman–Crippen MR) is 97.9 cm³/mol. The second kappa shape index (κ2) is 10.4. The fourth-order valence-electron chi connectivity index (χ4n) is 2.99. The van der Waals surface area contributed by atoms with E-state index in [1.54, 1.807) is 17.0 Å². The molecular weight excluding hydrogens is 345 g/mol. The Balaban J connectivity index is 0.00000312. The van der Waals surface area contributed by atoms with Gasteiger partial charge in [0.2, 0.25) is 11.8 Å². The molecule has 0 saturated carbocycles. The van der Waals surface area contributed by atoms with Crippen LogP contribution in [0, 0.1) is 11.7 Å². The first-order valence-electron chi connectivity index (χ1n) is 8.53. The van der Waals surface area contributed by atoms with E-state index in [0.29, 0.717) is 19.1 Å². The Labute approximate surface area is 154 Å². The average molecular weight is 372 g/mol. The van der Waals surface area contributed by atoms with Crippen LogP contribution in [-0.2, 0) is 16.1 Å². The van der Waals surface area contributed by atoms with Gasteiger partial charge in [-0.3, -0.25) is 9.59 Å². The molecule has 1 aliphatic rings. The molecule has 2 atom stereocenters. The van der Waals surface area contributed by atoms with E-state index in [0.717, 1.165) is 24.9 Å². The average Bonchev–Trinajstić information content (AvgIpc) is 2.58. The largest absolute Gasteiger partial charge is 0.350 e. The van der Waals surface area contributed by atoms with Crippen LogP contribution in [0.2, 0.25) is 0 Å². The molecule has 1 heterocycles. The van der Waals surface area contributed by atoms with Crippen molar-refractivity contribution in [3.8, 4) is 0 Å². The van der Waals surface area contributed by atoms with Gasteiger partial charge in [0.25, 0.3) is 0 Å². The van der Waals surface area contributed by atoms with E-state index in [1.807, 2.05) is 6.92 Å². The molecule has 1 saturated heterocycles. The Morgan fingerprint density at radius 1 is 1.32 bits per heavy atom. The summed E-state index contributed by atoms with van der Waals surface area (Å²) in [5, 5.41) is 6.11. The second-order valence-electron chi connectivity index (χ2n) is 6.33. The summed E-state index contributed by atoms with van der Waals surface area (Å²) in [5.41, 5.74) is 0.825. The van der Waals surface area contributed by atoms with Gasteiger partial charge in [0, 0.05) is 25.0 Å². The van der Waals surface area contributed by atoms with E-state index in [1.165, 1.54) is 12.1 Å². The third-order valence-corrected chi connectivity index (χ3v) is 4.40. The molecule has 2 amide bonds. The smallest absolute Gasteiger partial charge is 0.239 e. The highest BCUT2D eigenvalue weighted by molar-refractivity contribution is 5.86. The van der Waals surface area contributed by atoms with Crippen molar-refractivity contribution in [1.82, 2.24) is 15.5 Å². The van der Waals surface area contributed by atoms with Crippen molar-refractivity contribution in [2.45, 2.75) is 39.3 Å². The van der Waals surface area contributed by atoms with Gasteiger partial charge in [0.15, 0.2) is 0 Å². The SMILES string of the molecule is CCN(CC(=O)NCc1ccc(F)cc1)C(=O)[C@H]1CCN[C@@H](C)C1.Cl. The van der Waals surface area contributed by atoms with Gasteiger partial charge < -0.3 is 15.5 Å². The van der Waals surface area contributed by atoms with Gasteiger partial charge in [-0.15, -0.1) is 12.4 Å². The standard InChI is InChI=1S/C18H26FN3O2.ClH/c1-3-22(18(24)15-8-9-20-13(2)10-15)12-17(23)21-11-14-4-6-16(19)7-5-14;/h4-7,13,15,20H,3,8-12H2,1-2H3,(H,21,23);1H/t13-,15-;/m0./s1. The van der Waals surface area contributed by atoms with Crippen LogP contribution in [0.3, 0.4) is 0 Å². The van der Waals surface area contributed by atoms with Crippen LogP contribution < -0.4 is 10.6 Å². The summed E-state index contributed by atoms with van der Waals surface area (Å²) in [6, 6.07) is 6.33. The Bertz CT molecular complexity index is 568. The lowest BCUT2D eigenvalue weighted by Crippen LogP contribution is -2.47. The van der Waals surface area contributed by atoms with E-state index in [9.17, 15) is 14.0 Å². The van der Waals surface area contributed by atoms with E-state index in [4.69, 9.17) is 0 Å². The number of hydrogen-bond donors (Lipinski definition) is 2. The summed E-state index contributed by atoms with van der Waals surface area (Å²) in [6.07, 6.45) is 1.63. The number of halogens is 2. The maximum atomic E-state index is 12.9. The second-order valence-corrected chi connectivity index (χ2v) is 6.33. The number of hydrogen-bond acceptors (Lipinski definition) is 3. The molecule has 7 heteroatoms. The lowest BCUT2D eigenvalue weighted by Gasteiger charge is -2.31. The summed E-state index contributed by atoms with van der Waals surface area (Å²) >= 11 is 0. The fraction of sp³-hybridized carbons (Fsp3) is 0.556. The molecule has 2 rings (SSSR count). The highest BCUT2D eigenvalue weighted by atomic mass is 35.5. The van der Waals surface area contributed by atoms with Crippen LogP contribution in [0.1, 0.15) is 32.3 Å². The van der Waals surface area contributed by atoms with Gasteiger partial charge in [0.1, 0.15) is 5.82 Å². The zero-order chi connectivity index (χ0) is 17.5. The maximum absolute atomic E-state index is 12.9. The Morgan fingerprint density at radius 3 is 2.60 bits per heavy atom. The first-order valence-corrected chi connectivity index (χ1v) is 8.53. The number of carbonyl (C=O) groups is 2. The molecule has 1 aromatic carbocycles. The zero-order valence-electron chi connectivity index (χ0n) is 14.8. The van der Waals surface area contributed by atoms with Crippen molar-refractivity contribution in [3.05, 3.63) is 35.6 Å². The molecule has 25 heavy (non-hydrogen) atoms.